The van der Waals surface area contributed by atoms with E-state index in [1.807, 2.05) is 36.9 Å². The van der Waals surface area contributed by atoms with Gasteiger partial charge in [0.25, 0.3) is 0 Å². The van der Waals surface area contributed by atoms with Crippen molar-refractivity contribution in [3.8, 4) is 11.3 Å². The molecule has 1 atom stereocenters. The number of nitrogens with zero attached hydrogens (tertiary/aromatic N) is 4. The second-order valence-electron chi connectivity index (χ2n) is 8.22. The van der Waals surface area contributed by atoms with Gasteiger partial charge in [0, 0.05) is 25.9 Å². The van der Waals surface area contributed by atoms with Crippen molar-refractivity contribution < 1.29 is 14.1 Å². The number of carbonyl (C=O) groups is 1. The van der Waals surface area contributed by atoms with E-state index in [1.165, 1.54) is 19.3 Å². The van der Waals surface area contributed by atoms with E-state index in [-0.39, 0.29) is 12.0 Å². The van der Waals surface area contributed by atoms with E-state index < -0.39 is 0 Å². The number of rotatable bonds is 6. The topological polar surface area (TPSA) is 71.7 Å². The van der Waals surface area contributed by atoms with Gasteiger partial charge in [0.15, 0.2) is 0 Å². The molecule has 2 fully saturated rings. The monoisotopic (exact) mass is 412 g/mol. The van der Waals surface area contributed by atoms with Crippen LogP contribution in [-0.4, -0.2) is 65.2 Å². The van der Waals surface area contributed by atoms with Crippen LogP contribution in [0.15, 0.2) is 22.7 Å². The van der Waals surface area contributed by atoms with Crippen molar-refractivity contribution in [3.63, 3.8) is 0 Å². The number of morpholine rings is 1. The first kappa shape index (κ1) is 21.0. The van der Waals surface area contributed by atoms with E-state index in [9.17, 15) is 4.79 Å². The molecule has 4 rings (SSSR count). The van der Waals surface area contributed by atoms with Crippen molar-refractivity contribution in [2.24, 2.45) is 0 Å². The Bertz CT molecular complexity index is 860. The van der Waals surface area contributed by atoms with E-state index in [2.05, 4.69) is 10.1 Å². The molecule has 2 aromatic heterocycles. The van der Waals surface area contributed by atoms with E-state index in [1.54, 1.807) is 0 Å². The van der Waals surface area contributed by atoms with Crippen LogP contribution in [-0.2, 0) is 16.0 Å². The fraction of sp³-hybridized carbons (Fsp3) is 0.609. The molecule has 2 aromatic rings. The molecule has 7 heteroatoms. The average Bonchev–Trinajstić information content (AvgIpc) is 3.19. The number of amides is 1. The molecule has 0 aromatic carbocycles. The molecule has 4 heterocycles. The summed E-state index contributed by atoms with van der Waals surface area (Å²) in [6.45, 7) is 8.84. The highest BCUT2D eigenvalue weighted by Gasteiger charge is 2.27. The maximum atomic E-state index is 12.8. The number of aryl methyl sites for hydroxylation is 2. The minimum absolute atomic E-state index is 0.206. The quantitative estimate of drug-likeness (QED) is 0.724. The fourth-order valence-electron chi connectivity index (χ4n) is 4.41. The van der Waals surface area contributed by atoms with Crippen LogP contribution in [0.1, 0.15) is 55.9 Å². The highest BCUT2D eigenvalue weighted by Crippen LogP contribution is 2.29. The number of likely N-dealkylation sites (tertiary alicyclic amines) is 1. The van der Waals surface area contributed by atoms with E-state index >= 15 is 0 Å². The summed E-state index contributed by atoms with van der Waals surface area (Å²) >= 11 is 0. The summed E-state index contributed by atoms with van der Waals surface area (Å²) < 4.78 is 11.4. The molecule has 2 aliphatic heterocycles. The van der Waals surface area contributed by atoms with Gasteiger partial charge in [0.05, 0.1) is 35.8 Å². The Labute approximate surface area is 178 Å². The average molecular weight is 413 g/mol. The van der Waals surface area contributed by atoms with Gasteiger partial charge in [-0.2, -0.15) is 0 Å². The molecule has 0 saturated carbocycles. The Hall–Kier alpha value is -2.25. The van der Waals surface area contributed by atoms with Gasteiger partial charge in [-0.05, 0) is 45.0 Å². The third-order valence-electron chi connectivity index (χ3n) is 6.12. The number of hydrogen-bond acceptors (Lipinski definition) is 6. The van der Waals surface area contributed by atoms with Gasteiger partial charge in [-0.25, -0.2) is 4.98 Å². The zero-order valence-electron chi connectivity index (χ0n) is 18.1. The molecule has 30 heavy (non-hydrogen) atoms. The predicted octanol–water partition coefficient (Wildman–Crippen LogP) is 3.38. The minimum atomic E-state index is -0.206. The smallest absolute Gasteiger partial charge is 0.224 e. The summed E-state index contributed by atoms with van der Waals surface area (Å²) in [4.78, 5) is 22.0. The standard InChI is InChI=1S/C23H32N4O3/c1-3-20-23(17(2)25-30-20)19-9-7-8-18(24-19)21-16-27(14-15-29-21)22(28)10-13-26-11-5-4-6-12-26/h7-9,21H,3-6,10-16H2,1-2H3/t21-/m0/s1. The van der Waals surface area contributed by atoms with Gasteiger partial charge in [0.1, 0.15) is 11.9 Å². The van der Waals surface area contributed by atoms with E-state index in [4.69, 9.17) is 14.2 Å². The Balaban J connectivity index is 1.42. The fourth-order valence-corrected chi connectivity index (χ4v) is 4.41. The Morgan fingerprint density at radius 2 is 2.03 bits per heavy atom. The zero-order valence-corrected chi connectivity index (χ0v) is 18.1. The lowest BCUT2D eigenvalue weighted by Crippen LogP contribution is -2.43. The summed E-state index contributed by atoms with van der Waals surface area (Å²) in [5, 5.41) is 4.10. The summed E-state index contributed by atoms with van der Waals surface area (Å²) in [5.74, 6) is 1.06. The number of hydrogen-bond donors (Lipinski definition) is 0. The van der Waals surface area contributed by atoms with Crippen LogP contribution in [0.5, 0.6) is 0 Å². The summed E-state index contributed by atoms with van der Waals surface area (Å²) in [7, 11) is 0. The first-order chi connectivity index (χ1) is 14.7. The lowest BCUT2D eigenvalue weighted by atomic mass is 10.1. The molecule has 0 N–H and O–H groups in total. The van der Waals surface area contributed by atoms with E-state index in [0.29, 0.717) is 26.1 Å². The maximum absolute atomic E-state index is 12.8. The number of pyridine rings is 1. The van der Waals surface area contributed by atoms with Crippen molar-refractivity contribution in [2.45, 2.75) is 52.1 Å². The van der Waals surface area contributed by atoms with Gasteiger partial charge in [-0.3, -0.25) is 4.79 Å². The van der Waals surface area contributed by atoms with E-state index in [0.717, 1.165) is 54.5 Å². The molecule has 1 amide bonds. The normalized spacial score (nSPS) is 20.5. The largest absolute Gasteiger partial charge is 0.368 e. The van der Waals surface area contributed by atoms with Crippen LogP contribution in [0.25, 0.3) is 11.3 Å². The first-order valence-corrected chi connectivity index (χ1v) is 11.2. The molecule has 2 aliphatic rings. The molecule has 7 nitrogen and oxygen atoms in total. The number of piperidine rings is 1. The Kier molecular flexibility index (Phi) is 6.79. The summed E-state index contributed by atoms with van der Waals surface area (Å²) in [6.07, 6.45) is 4.96. The molecule has 0 unspecified atom stereocenters. The van der Waals surface area contributed by atoms with Crippen LogP contribution in [0, 0.1) is 6.92 Å². The van der Waals surface area contributed by atoms with Gasteiger partial charge in [0.2, 0.25) is 5.91 Å². The van der Waals surface area contributed by atoms with Crippen molar-refractivity contribution in [2.75, 3.05) is 39.3 Å². The van der Waals surface area contributed by atoms with Crippen molar-refractivity contribution in [1.29, 1.82) is 0 Å². The SMILES string of the molecule is CCc1onc(C)c1-c1cccc([C@@H]2CN(C(=O)CCN3CCCCC3)CCO2)n1. The number of aromatic nitrogens is 2. The van der Waals surface area contributed by atoms with Gasteiger partial charge in [-0.1, -0.05) is 24.6 Å². The van der Waals surface area contributed by atoms with Crippen LogP contribution in [0.2, 0.25) is 0 Å². The Morgan fingerprint density at radius 3 is 2.83 bits per heavy atom. The zero-order chi connectivity index (χ0) is 20.9. The molecule has 0 aliphatic carbocycles. The second-order valence-corrected chi connectivity index (χ2v) is 8.22. The van der Waals surface area contributed by atoms with Crippen LogP contribution in [0.3, 0.4) is 0 Å². The highest BCUT2D eigenvalue weighted by atomic mass is 16.5. The molecular weight excluding hydrogens is 380 g/mol. The van der Waals surface area contributed by atoms with Gasteiger partial charge < -0.3 is 19.1 Å². The first-order valence-electron chi connectivity index (χ1n) is 11.2. The van der Waals surface area contributed by atoms with Gasteiger partial charge in [-0.15, -0.1) is 0 Å². The van der Waals surface area contributed by atoms with Crippen molar-refractivity contribution in [1.82, 2.24) is 19.9 Å². The third kappa shape index (κ3) is 4.73. The number of ether oxygens (including phenoxy) is 1. The Morgan fingerprint density at radius 1 is 1.20 bits per heavy atom. The summed E-state index contributed by atoms with van der Waals surface area (Å²) in [5.41, 5.74) is 3.50. The molecule has 0 radical (unpaired) electrons. The molecular formula is C23H32N4O3. The van der Waals surface area contributed by atoms with Gasteiger partial charge >= 0.3 is 0 Å². The molecule has 162 valence electrons. The third-order valence-corrected chi connectivity index (χ3v) is 6.12. The highest BCUT2D eigenvalue weighted by molar-refractivity contribution is 5.76. The van der Waals surface area contributed by atoms with Crippen LogP contribution in [0.4, 0.5) is 0 Å². The van der Waals surface area contributed by atoms with Crippen molar-refractivity contribution >= 4 is 5.91 Å². The van der Waals surface area contributed by atoms with Crippen LogP contribution >= 0.6 is 0 Å². The lowest BCUT2D eigenvalue weighted by molar-refractivity contribution is -0.139. The van der Waals surface area contributed by atoms with Crippen molar-refractivity contribution in [3.05, 3.63) is 35.3 Å². The predicted molar refractivity (Wildman–Crippen MR) is 114 cm³/mol. The lowest BCUT2D eigenvalue weighted by Gasteiger charge is -2.34. The number of carbonyl (C=O) groups excluding carboxylic acids is 1. The molecule has 2 saturated heterocycles. The van der Waals surface area contributed by atoms with Crippen LogP contribution < -0.4 is 0 Å². The minimum Gasteiger partial charge on any atom is -0.368 e. The summed E-state index contributed by atoms with van der Waals surface area (Å²) in [6, 6.07) is 5.95. The molecule has 0 spiro atoms. The molecule has 0 bridgehead atoms. The second kappa shape index (κ2) is 9.71. The maximum Gasteiger partial charge on any atom is 0.224 e.